The number of halogens is 1. The van der Waals surface area contributed by atoms with Crippen molar-refractivity contribution in [2.24, 2.45) is 0 Å². The second-order valence-corrected chi connectivity index (χ2v) is 6.65. The molecule has 2 rings (SSSR count). The van der Waals surface area contributed by atoms with Crippen molar-refractivity contribution in [1.82, 2.24) is 5.32 Å². The third kappa shape index (κ3) is 7.21. The molecule has 0 aliphatic carbocycles. The average Bonchev–Trinajstić information content (AvgIpc) is 2.79. The molecule has 0 unspecified atom stereocenters. The average molecular weight is 463 g/mol. The predicted octanol–water partition coefficient (Wildman–Crippen LogP) is 2.83. The molecule has 9 nitrogen and oxygen atoms in total. The molecular formula is C22H23ClN2O7. The zero-order valence-electron chi connectivity index (χ0n) is 17.6. The fourth-order valence-corrected chi connectivity index (χ4v) is 2.64. The van der Waals surface area contributed by atoms with Gasteiger partial charge in [0.2, 0.25) is 0 Å². The van der Waals surface area contributed by atoms with Gasteiger partial charge in [-0.05, 0) is 36.4 Å². The number of anilines is 1. The molecule has 0 aliphatic rings. The Morgan fingerprint density at radius 3 is 2.38 bits per heavy atom. The first kappa shape index (κ1) is 24.5. The molecule has 32 heavy (non-hydrogen) atoms. The highest BCUT2D eigenvalue weighted by Gasteiger charge is 2.15. The Bertz CT molecular complexity index is 994. The van der Waals surface area contributed by atoms with Crippen molar-refractivity contribution in [3.05, 3.63) is 59.6 Å². The van der Waals surface area contributed by atoms with Crippen LogP contribution in [0, 0.1) is 0 Å². The van der Waals surface area contributed by atoms with Crippen molar-refractivity contribution in [3.8, 4) is 17.2 Å². The minimum absolute atomic E-state index is 0.152. The molecule has 0 fully saturated rings. The standard InChI is InChI=1S/C22H23ClN2O7/c1-4-9-24-20(26)12-32-22(28)14-5-7-18(19(10-14)30-3)31-13-21(27)25-16-11-15(23)6-8-17(16)29-2/h4-8,10-11H,1,9,12-13H2,2-3H3,(H,24,26)(H,25,27). The van der Waals surface area contributed by atoms with E-state index in [1.165, 1.54) is 38.5 Å². The molecular weight excluding hydrogens is 440 g/mol. The topological polar surface area (TPSA) is 112 Å². The van der Waals surface area contributed by atoms with Gasteiger partial charge in [0, 0.05) is 11.6 Å². The van der Waals surface area contributed by atoms with Crippen LogP contribution in [0.2, 0.25) is 5.02 Å². The minimum Gasteiger partial charge on any atom is -0.495 e. The maximum Gasteiger partial charge on any atom is 0.338 e. The molecule has 10 heteroatoms. The summed E-state index contributed by atoms with van der Waals surface area (Å²) < 4.78 is 20.9. The van der Waals surface area contributed by atoms with E-state index < -0.39 is 24.4 Å². The third-order valence-corrected chi connectivity index (χ3v) is 4.21. The summed E-state index contributed by atoms with van der Waals surface area (Å²) in [7, 11) is 2.86. The van der Waals surface area contributed by atoms with Crippen LogP contribution in [0.5, 0.6) is 17.2 Å². The van der Waals surface area contributed by atoms with Gasteiger partial charge in [0.25, 0.3) is 11.8 Å². The minimum atomic E-state index is -0.714. The summed E-state index contributed by atoms with van der Waals surface area (Å²) in [6, 6.07) is 9.09. The molecule has 2 aromatic rings. The lowest BCUT2D eigenvalue weighted by atomic mass is 10.2. The Labute approximate surface area is 190 Å². The van der Waals surface area contributed by atoms with Crippen molar-refractivity contribution in [3.63, 3.8) is 0 Å². The number of hydrogen-bond acceptors (Lipinski definition) is 7. The second-order valence-electron chi connectivity index (χ2n) is 6.22. The van der Waals surface area contributed by atoms with Gasteiger partial charge in [-0.3, -0.25) is 9.59 Å². The second kappa shape index (κ2) is 12.2. The zero-order chi connectivity index (χ0) is 23.5. The van der Waals surface area contributed by atoms with Gasteiger partial charge in [-0.2, -0.15) is 0 Å². The van der Waals surface area contributed by atoms with Gasteiger partial charge in [-0.15, -0.1) is 6.58 Å². The number of benzene rings is 2. The van der Waals surface area contributed by atoms with Gasteiger partial charge in [-0.1, -0.05) is 17.7 Å². The van der Waals surface area contributed by atoms with Gasteiger partial charge in [0.05, 0.1) is 25.5 Å². The van der Waals surface area contributed by atoms with E-state index in [4.69, 9.17) is 30.5 Å². The lowest BCUT2D eigenvalue weighted by Gasteiger charge is -2.13. The molecule has 0 bridgehead atoms. The summed E-state index contributed by atoms with van der Waals surface area (Å²) in [5, 5.41) is 5.58. The number of carbonyl (C=O) groups is 3. The van der Waals surface area contributed by atoms with Gasteiger partial charge in [-0.25, -0.2) is 4.79 Å². The molecule has 0 aliphatic heterocycles. The van der Waals surface area contributed by atoms with E-state index in [1.807, 2.05) is 0 Å². The molecule has 0 aromatic heterocycles. The van der Waals surface area contributed by atoms with Crippen molar-refractivity contribution >= 4 is 35.1 Å². The number of rotatable bonds is 11. The fourth-order valence-electron chi connectivity index (χ4n) is 2.47. The smallest absolute Gasteiger partial charge is 0.338 e. The van der Waals surface area contributed by atoms with E-state index in [2.05, 4.69) is 17.2 Å². The van der Waals surface area contributed by atoms with Crippen LogP contribution in [0.3, 0.4) is 0 Å². The van der Waals surface area contributed by atoms with E-state index in [1.54, 1.807) is 18.2 Å². The van der Waals surface area contributed by atoms with Crippen molar-refractivity contribution in [2.75, 3.05) is 39.3 Å². The van der Waals surface area contributed by atoms with E-state index >= 15 is 0 Å². The Morgan fingerprint density at radius 2 is 1.69 bits per heavy atom. The van der Waals surface area contributed by atoms with Gasteiger partial charge in [0.1, 0.15) is 5.75 Å². The summed E-state index contributed by atoms with van der Waals surface area (Å²) in [4.78, 5) is 35.9. The van der Waals surface area contributed by atoms with Crippen LogP contribution >= 0.6 is 11.6 Å². The quantitative estimate of drug-likeness (QED) is 0.390. The lowest BCUT2D eigenvalue weighted by Crippen LogP contribution is -2.28. The Hall–Kier alpha value is -3.72. The monoisotopic (exact) mass is 462 g/mol. The number of hydrogen-bond donors (Lipinski definition) is 2. The Morgan fingerprint density at radius 1 is 0.969 bits per heavy atom. The molecule has 0 radical (unpaired) electrons. The lowest BCUT2D eigenvalue weighted by molar-refractivity contribution is -0.124. The summed E-state index contributed by atoms with van der Waals surface area (Å²) in [6.45, 7) is 2.98. The highest BCUT2D eigenvalue weighted by Crippen LogP contribution is 2.29. The molecule has 0 spiro atoms. The molecule has 2 amide bonds. The first-order valence-electron chi connectivity index (χ1n) is 9.36. The molecule has 2 aromatic carbocycles. The van der Waals surface area contributed by atoms with Crippen LogP contribution in [0.25, 0.3) is 0 Å². The predicted molar refractivity (Wildman–Crippen MR) is 119 cm³/mol. The van der Waals surface area contributed by atoms with Crippen molar-refractivity contribution in [1.29, 1.82) is 0 Å². The van der Waals surface area contributed by atoms with Crippen LogP contribution in [0.1, 0.15) is 10.4 Å². The highest BCUT2D eigenvalue weighted by atomic mass is 35.5. The molecule has 0 saturated heterocycles. The van der Waals surface area contributed by atoms with Crippen LogP contribution in [0.4, 0.5) is 5.69 Å². The van der Waals surface area contributed by atoms with E-state index in [0.717, 1.165) is 0 Å². The summed E-state index contributed by atoms with van der Waals surface area (Å²) >= 11 is 5.95. The number of amides is 2. The largest absolute Gasteiger partial charge is 0.495 e. The Kier molecular flexibility index (Phi) is 9.37. The SMILES string of the molecule is C=CCNC(=O)COC(=O)c1ccc(OCC(=O)Nc2cc(Cl)ccc2OC)c(OC)c1. The van der Waals surface area contributed by atoms with Crippen LogP contribution in [-0.2, 0) is 14.3 Å². The number of nitrogens with one attached hydrogen (secondary N) is 2. The Balaban J connectivity index is 1.97. The first-order chi connectivity index (χ1) is 15.4. The maximum absolute atomic E-state index is 12.3. The third-order valence-electron chi connectivity index (χ3n) is 3.97. The number of methoxy groups -OCH3 is 2. The zero-order valence-corrected chi connectivity index (χ0v) is 18.4. The number of esters is 1. The van der Waals surface area contributed by atoms with Crippen LogP contribution in [-0.4, -0.2) is 51.8 Å². The van der Waals surface area contributed by atoms with Crippen molar-refractivity contribution < 1.29 is 33.3 Å². The molecule has 0 saturated carbocycles. The van der Waals surface area contributed by atoms with E-state index in [-0.39, 0.29) is 30.2 Å². The normalized spacial score (nSPS) is 9.97. The fraction of sp³-hybridized carbons (Fsp3) is 0.227. The van der Waals surface area contributed by atoms with E-state index in [0.29, 0.717) is 16.5 Å². The first-order valence-corrected chi connectivity index (χ1v) is 9.74. The van der Waals surface area contributed by atoms with Crippen LogP contribution in [0.15, 0.2) is 49.1 Å². The highest BCUT2D eigenvalue weighted by molar-refractivity contribution is 6.31. The molecule has 170 valence electrons. The van der Waals surface area contributed by atoms with Gasteiger partial charge >= 0.3 is 5.97 Å². The molecule has 0 heterocycles. The van der Waals surface area contributed by atoms with Gasteiger partial charge < -0.3 is 29.6 Å². The molecule has 2 N–H and O–H groups in total. The summed E-state index contributed by atoms with van der Waals surface area (Å²) in [5.41, 5.74) is 0.551. The maximum atomic E-state index is 12.3. The summed E-state index contributed by atoms with van der Waals surface area (Å²) in [5.74, 6) is -0.727. The summed E-state index contributed by atoms with van der Waals surface area (Å²) in [6.07, 6.45) is 1.51. The number of ether oxygens (including phenoxy) is 4. The van der Waals surface area contributed by atoms with E-state index in [9.17, 15) is 14.4 Å². The van der Waals surface area contributed by atoms with Crippen molar-refractivity contribution in [2.45, 2.75) is 0 Å². The molecule has 0 atom stereocenters. The van der Waals surface area contributed by atoms with Gasteiger partial charge in [0.15, 0.2) is 24.7 Å². The van der Waals surface area contributed by atoms with Crippen LogP contribution < -0.4 is 24.8 Å². The number of carbonyl (C=O) groups excluding carboxylic acids is 3.